The fraction of sp³-hybridized carbons (Fsp3) is 0.778. The summed E-state index contributed by atoms with van der Waals surface area (Å²) in [5.41, 5.74) is 1.24. The largest absolute Gasteiger partial charge is 0.381 e. The third kappa shape index (κ3) is 7.30. The lowest BCUT2D eigenvalue weighted by atomic mass is 9.93. The van der Waals surface area contributed by atoms with E-state index >= 15 is 0 Å². The molecule has 0 saturated carbocycles. The highest BCUT2D eigenvalue weighted by Crippen LogP contribution is 2.23. The van der Waals surface area contributed by atoms with E-state index in [0.29, 0.717) is 12.5 Å². The number of aliphatic imine (C=N–C) groups is 1. The van der Waals surface area contributed by atoms with Crippen molar-refractivity contribution in [2.24, 2.45) is 10.9 Å². The second-order valence-corrected chi connectivity index (χ2v) is 8.33. The topological polar surface area (TPSA) is 67.8 Å². The van der Waals surface area contributed by atoms with Gasteiger partial charge in [0, 0.05) is 43.5 Å². The van der Waals surface area contributed by atoms with Gasteiger partial charge in [0.05, 0.1) is 25.5 Å². The molecule has 2 N–H and O–H groups in total. The van der Waals surface area contributed by atoms with E-state index in [-0.39, 0.29) is 5.41 Å². The molecular formula is C18H32N4O2S. The van der Waals surface area contributed by atoms with E-state index < -0.39 is 0 Å². The van der Waals surface area contributed by atoms with E-state index in [1.807, 2.05) is 0 Å². The summed E-state index contributed by atoms with van der Waals surface area (Å²) in [5.74, 6) is 1.38. The van der Waals surface area contributed by atoms with Crippen LogP contribution in [0.3, 0.4) is 0 Å². The first-order valence-corrected chi connectivity index (χ1v) is 9.92. The van der Waals surface area contributed by atoms with Crippen molar-refractivity contribution in [3.8, 4) is 0 Å². The molecule has 0 aromatic carbocycles. The van der Waals surface area contributed by atoms with Crippen molar-refractivity contribution >= 4 is 17.3 Å². The monoisotopic (exact) mass is 368 g/mol. The van der Waals surface area contributed by atoms with Crippen molar-refractivity contribution < 1.29 is 9.47 Å². The van der Waals surface area contributed by atoms with Gasteiger partial charge >= 0.3 is 0 Å². The fourth-order valence-electron chi connectivity index (χ4n) is 2.46. The summed E-state index contributed by atoms with van der Waals surface area (Å²) in [6.45, 7) is 11.4. The van der Waals surface area contributed by atoms with Gasteiger partial charge in [-0.25, -0.2) is 4.98 Å². The molecule has 0 aliphatic carbocycles. The number of rotatable bonds is 8. The average Bonchev–Trinajstić information content (AvgIpc) is 3.24. The third-order valence-corrected chi connectivity index (χ3v) is 4.94. The fourth-order valence-corrected chi connectivity index (χ4v) is 3.42. The molecule has 1 atom stereocenters. The van der Waals surface area contributed by atoms with Gasteiger partial charge in [-0.05, 0) is 12.8 Å². The number of nitrogens with one attached hydrogen (secondary N) is 2. The predicted octanol–water partition coefficient (Wildman–Crippen LogP) is 2.55. The first-order chi connectivity index (χ1) is 12.0. The van der Waals surface area contributed by atoms with Crippen LogP contribution >= 0.6 is 11.3 Å². The average molecular weight is 369 g/mol. The van der Waals surface area contributed by atoms with Gasteiger partial charge in [-0.15, -0.1) is 11.3 Å². The maximum atomic E-state index is 5.71. The van der Waals surface area contributed by atoms with E-state index in [1.54, 1.807) is 18.4 Å². The maximum Gasteiger partial charge on any atom is 0.191 e. The molecular weight excluding hydrogens is 336 g/mol. The Hall–Kier alpha value is -1.18. The zero-order chi connectivity index (χ0) is 18.1. The van der Waals surface area contributed by atoms with Crippen LogP contribution < -0.4 is 10.6 Å². The van der Waals surface area contributed by atoms with E-state index in [4.69, 9.17) is 9.47 Å². The molecule has 0 amide bonds. The molecule has 1 aliphatic heterocycles. The summed E-state index contributed by atoms with van der Waals surface area (Å²) in [6, 6.07) is 0. The molecule has 1 aliphatic rings. The van der Waals surface area contributed by atoms with Gasteiger partial charge in [-0.2, -0.15) is 0 Å². The molecule has 1 aromatic rings. The molecule has 25 heavy (non-hydrogen) atoms. The number of ether oxygens (including phenoxy) is 2. The van der Waals surface area contributed by atoms with E-state index in [2.05, 4.69) is 46.8 Å². The first kappa shape index (κ1) is 20.1. The summed E-state index contributed by atoms with van der Waals surface area (Å²) >= 11 is 1.69. The SMILES string of the molecule is CN=C(NCCCOCC1CCOC1)NCc1nc(C(C)(C)C)cs1. The van der Waals surface area contributed by atoms with Crippen LogP contribution in [-0.4, -0.2) is 51.0 Å². The lowest BCUT2D eigenvalue weighted by Gasteiger charge is -2.14. The molecule has 0 spiro atoms. The number of guanidine groups is 1. The molecule has 1 aromatic heterocycles. The normalized spacial score (nSPS) is 18.6. The smallest absolute Gasteiger partial charge is 0.191 e. The van der Waals surface area contributed by atoms with E-state index in [9.17, 15) is 0 Å². The summed E-state index contributed by atoms with van der Waals surface area (Å²) in [4.78, 5) is 8.94. The summed E-state index contributed by atoms with van der Waals surface area (Å²) < 4.78 is 11.1. The Kier molecular flexibility index (Phi) is 8.12. The second-order valence-electron chi connectivity index (χ2n) is 7.39. The summed E-state index contributed by atoms with van der Waals surface area (Å²) in [5, 5.41) is 9.85. The molecule has 2 rings (SSSR count). The van der Waals surface area contributed by atoms with Gasteiger partial charge in [-0.3, -0.25) is 4.99 Å². The lowest BCUT2D eigenvalue weighted by molar-refractivity contribution is 0.0888. The zero-order valence-electron chi connectivity index (χ0n) is 15.9. The van der Waals surface area contributed by atoms with Crippen LogP contribution in [0.15, 0.2) is 10.4 Å². The maximum absolute atomic E-state index is 5.71. The summed E-state index contributed by atoms with van der Waals surface area (Å²) in [6.07, 6.45) is 2.09. The number of nitrogens with zero attached hydrogens (tertiary/aromatic N) is 2. The van der Waals surface area contributed by atoms with Crippen molar-refractivity contribution in [2.45, 2.75) is 45.6 Å². The highest BCUT2D eigenvalue weighted by molar-refractivity contribution is 7.09. The van der Waals surface area contributed by atoms with Crippen molar-refractivity contribution in [1.29, 1.82) is 0 Å². The second kappa shape index (κ2) is 10.1. The van der Waals surface area contributed by atoms with Crippen LogP contribution in [0.25, 0.3) is 0 Å². The van der Waals surface area contributed by atoms with Crippen molar-refractivity contribution in [3.05, 3.63) is 16.1 Å². The number of hydrogen-bond donors (Lipinski definition) is 2. The Morgan fingerprint density at radius 3 is 2.92 bits per heavy atom. The van der Waals surface area contributed by atoms with Gasteiger partial charge in [0.15, 0.2) is 5.96 Å². The Labute approximate surface area is 155 Å². The standard InChI is InChI=1S/C18H32N4O2S/c1-18(2,3)15-13-25-16(22-15)10-21-17(19-4)20-7-5-8-23-11-14-6-9-24-12-14/h13-14H,5-12H2,1-4H3,(H2,19,20,21). The van der Waals surface area contributed by atoms with Gasteiger partial charge in [-0.1, -0.05) is 20.8 Å². The van der Waals surface area contributed by atoms with Crippen LogP contribution in [0.5, 0.6) is 0 Å². The Morgan fingerprint density at radius 2 is 2.28 bits per heavy atom. The Morgan fingerprint density at radius 1 is 1.44 bits per heavy atom. The highest BCUT2D eigenvalue weighted by atomic mass is 32.1. The van der Waals surface area contributed by atoms with Crippen LogP contribution in [0.2, 0.25) is 0 Å². The van der Waals surface area contributed by atoms with Gasteiger partial charge in [0.2, 0.25) is 0 Å². The number of aromatic nitrogens is 1. The molecule has 1 fully saturated rings. The van der Waals surface area contributed by atoms with Crippen molar-refractivity contribution in [3.63, 3.8) is 0 Å². The lowest BCUT2D eigenvalue weighted by Crippen LogP contribution is -2.37. The molecule has 6 nitrogen and oxygen atoms in total. The van der Waals surface area contributed by atoms with Crippen molar-refractivity contribution in [2.75, 3.05) is 40.0 Å². The highest BCUT2D eigenvalue weighted by Gasteiger charge is 2.17. The Bertz CT molecular complexity index is 533. The van der Waals surface area contributed by atoms with E-state index in [0.717, 1.165) is 62.5 Å². The summed E-state index contributed by atoms with van der Waals surface area (Å²) in [7, 11) is 1.79. The molecule has 142 valence electrons. The minimum Gasteiger partial charge on any atom is -0.381 e. The molecule has 2 heterocycles. The van der Waals surface area contributed by atoms with Gasteiger partial charge in [0.25, 0.3) is 0 Å². The van der Waals surface area contributed by atoms with Gasteiger partial charge in [0.1, 0.15) is 5.01 Å². The zero-order valence-corrected chi connectivity index (χ0v) is 16.7. The minimum atomic E-state index is 0.0965. The van der Waals surface area contributed by atoms with Crippen LogP contribution in [0.4, 0.5) is 0 Å². The molecule has 0 bridgehead atoms. The van der Waals surface area contributed by atoms with Crippen LogP contribution in [0.1, 0.15) is 44.3 Å². The quantitative estimate of drug-likeness (QED) is 0.419. The molecule has 7 heteroatoms. The minimum absolute atomic E-state index is 0.0965. The third-order valence-electron chi connectivity index (χ3n) is 4.09. The molecule has 1 saturated heterocycles. The van der Waals surface area contributed by atoms with E-state index in [1.165, 1.54) is 0 Å². The predicted molar refractivity (Wildman–Crippen MR) is 103 cm³/mol. The molecule has 1 unspecified atom stereocenters. The Balaban J connectivity index is 1.58. The van der Waals surface area contributed by atoms with Gasteiger partial charge < -0.3 is 20.1 Å². The number of hydrogen-bond acceptors (Lipinski definition) is 5. The molecule has 0 radical (unpaired) electrons. The number of thiazole rings is 1. The first-order valence-electron chi connectivity index (χ1n) is 9.04. The van der Waals surface area contributed by atoms with Crippen molar-refractivity contribution in [1.82, 2.24) is 15.6 Å². The van der Waals surface area contributed by atoms with Crippen LogP contribution in [-0.2, 0) is 21.4 Å². The van der Waals surface area contributed by atoms with Crippen LogP contribution in [0, 0.1) is 5.92 Å².